The van der Waals surface area contributed by atoms with E-state index in [2.05, 4.69) is 0 Å². The lowest BCUT2D eigenvalue weighted by molar-refractivity contribution is -0.0488. The summed E-state index contributed by atoms with van der Waals surface area (Å²) in [6, 6.07) is 14.4. The van der Waals surface area contributed by atoms with Crippen LogP contribution in [-0.2, 0) is 16.6 Å². The van der Waals surface area contributed by atoms with Gasteiger partial charge in [0.25, 0.3) is 0 Å². The summed E-state index contributed by atoms with van der Waals surface area (Å²) in [7, 11) is -5.47. The molecule has 0 atom stereocenters. The van der Waals surface area contributed by atoms with E-state index in [0.29, 0.717) is 27.3 Å². The van der Waals surface area contributed by atoms with Crippen LogP contribution in [0.4, 0.5) is 13.2 Å². The van der Waals surface area contributed by atoms with E-state index in [-0.39, 0.29) is 0 Å². The molecule has 0 unspecified atom stereocenters. The topological polar surface area (TPSA) is 54.5 Å². The summed E-state index contributed by atoms with van der Waals surface area (Å²) in [5.41, 5.74) is -3.82. The van der Waals surface area contributed by atoms with Crippen LogP contribution in [0.2, 0.25) is 0 Å². The zero-order chi connectivity index (χ0) is 19.2. The van der Waals surface area contributed by atoms with Crippen molar-refractivity contribution >= 4 is 22.4 Å². The van der Waals surface area contributed by atoms with Gasteiger partial charge in [0.2, 0.25) is 0 Å². The lowest BCUT2D eigenvalue weighted by atomic mass is 10.1. The zero-order valence-electron chi connectivity index (χ0n) is 13.6. The minimum Gasteiger partial charge on any atom is -0.298 e. The van der Waals surface area contributed by atoms with Crippen molar-refractivity contribution in [3.8, 4) is 0 Å². The van der Waals surface area contributed by atoms with E-state index < -0.39 is 28.6 Å². The fourth-order valence-corrected chi connectivity index (χ4v) is 3.07. The first-order valence-corrected chi connectivity index (χ1v) is 9.00. The van der Waals surface area contributed by atoms with Crippen molar-refractivity contribution in [2.75, 3.05) is 6.54 Å². The summed E-state index contributed by atoms with van der Waals surface area (Å²) in [5, 5.41) is 0. The number of rotatable bonds is 7. The molecule has 2 rings (SSSR count). The molecule has 26 heavy (non-hydrogen) atoms. The highest BCUT2D eigenvalue weighted by atomic mass is 32.2. The van der Waals surface area contributed by atoms with Crippen LogP contribution in [0.5, 0.6) is 0 Å². The molecular weight excluding hydrogens is 367 g/mol. The maximum absolute atomic E-state index is 12.9. The van der Waals surface area contributed by atoms with E-state index >= 15 is 0 Å². The number of aldehydes is 1. The largest absolute Gasteiger partial charge is 0.511 e. The van der Waals surface area contributed by atoms with Gasteiger partial charge in [0.15, 0.2) is 0 Å². The Balaban J connectivity index is 2.20. The molecule has 0 N–H and O–H groups in total. The molecule has 8 heteroatoms. The Morgan fingerprint density at radius 2 is 1.50 bits per heavy atom. The fraction of sp³-hybridized carbons (Fsp3) is 0.167. The Kier molecular flexibility index (Phi) is 6.33. The van der Waals surface area contributed by atoms with Crippen LogP contribution in [0.1, 0.15) is 21.5 Å². The second-order valence-electron chi connectivity index (χ2n) is 5.42. The Morgan fingerprint density at radius 3 is 2.04 bits per heavy atom. The summed E-state index contributed by atoms with van der Waals surface area (Å²) in [6.07, 6.45) is 3.51. The van der Waals surface area contributed by atoms with Gasteiger partial charge in [-0.2, -0.15) is 17.5 Å². The molecule has 0 heterocycles. The lowest BCUT2D eigenvalue weighted by Crippen LogP contribution is -2.40. The van der Waals surface area contributed by atoms with E-state index in [9.17, 15) is 26.4 Å². The fourth-order valence-electron chi connectivity index (χ4n) is 2.17. The molecule has 0 aliphatic heterocycles. The molecule has 0 aliphatic carbocycles. The quantitative estimate of drug-likeness (QED) is 0.682. The lowest BCUT2D eigenvalue weighted by Gasteiger charge is -2.22. The van der Waals surface area contributed by atoms with Gasteiger partial charge in [0.1, 0.15) is 6.29 Å². The number of benzene rings is 2. The van der Waals surface area contributed by atoms with Crippen molar-refractivity contribution in [3.05, 3.63) is 77.4 Å². The van der Waals surface area contributed by atoms with Gasteiger partial charge in [-0.05, 0) is 11.1 Å². The molecule has 0 saturated carbocycles. The maximum Gasteiger partial charge on any atom is 0.511 e. The van der Waals surface area contributed by atoms with Crippen LogP contribution in [-0.4, -0.2) is 31.1 Å². The van der Waals surface area contributed by atoms with E-state index in [1.807, 2.05) is 0 Å². The van der Waals surface area contributed by atoms with E-state index in [0.717, 1.165) is 0 Å². The highest BCUT2D eigenvalue weighted by Gasteiger charge is 2.49. The van der Waals surface area contributed by atoms with E-state index in [1.54, 1.807) is 54.6 Å². The highest BCUT2D eigenvalue weighted by Crippen LogP contribution is 2.28. The first-order chi connectivity index (χ1) is 12.2. The van der Waals surface area contributed by atoms with Crippen molar-refractivity contribution in [2.45, 2.75) is 12.1 Å². The average molecular weight is 383 g/mol. The molecule has 0 aliphatic rings. The third kappa shape index (κ3) is 5.03. The summed E-state index contributed by atoms with van der Waals surface area (Å²) in [6.45, 7) is -0.830. The second-order valence-corrected chi connectivity index (χ2v) is 7.35. The number of sulfonamides is 1. The molecule has 0 bridgehead atoms. The van der Waals surface area contributed by atoms with Crippen molar-refractivity contribution in [1.29, 1.82) is 0 Å². The Labute approximate surface area is 149 Å². The Morgan fingerprint density at radius 1 is 0.923 bits per heavy atom. The molecule has 0 spiro atoms. The molecule has 0 saturated heterocycles. The normalized spacial score (nSPS) is 12.6. The maximum atomic E-state index is 12.9. The van der Waals surface area contributed by atoms with Crippen molar-refractivity contribution in [3.63, 3.8) is 0 Å². The third-order valence-electron chi connectivity index (χ3n) is 3.53. The minimum atomic E-state index is -5.47. The van der Waals surface area contributed by atoms with Gasteiger partial charge >= 0.3 is 15.5 Å². The predicted molar refractivity (Wildman–Crippen MR) is 92.7 cm³/mol. The van der Waals surface area contributed by atoms with Crippen LogP contribution in [0.15, 0.2) is 60.7 Å². The number of nitrogens with zero attached hydrogens (tertiary/aromatic N) is 1. The van der Waals surface area contributed by atoms with Crippen LogP contribution in [0.3, 0.4) is 0 Å². The summed E-state index contributed by atoms with van der Waals surface area (Å²) in [4.78, 5) is 10.6. The van der Waals surface area contributed by atoms with Gasteiger partial charge in [-0.3, -0.25) is 4.79 Å². The third-order valence-corrected chi connectivity index (χ3v) is 5.07. The molecule has 2 aromatic carbocycles. The van der Waals surface area contributed by atoms with Crippen LogP contribution in [0, 0.1) is 0 Å². The van der Waals surface area contributed by atoms with Crippen LogP contribution >= 0.6 is 0 Å². The van der Waals surface area contributed by atoms with Gasteiger partial charge in [0.05, 0.1) is 0 Å². The zero-order valence-corrected chi connectivity index (χ0v) is 14.4. The summed E-state index contributed by atoms with van der Waals surface area (Å²) in [5.74, 6) is 0. The van der Waals surface area contributed by atoms with Gasteiger partial charge in [-0.1, -0.05) is 66.7 Å². The molecule has 4 nitrogen and oxygen atoms in total. The molecule has 0 aromatic heterocycles. The van der Waals surface area contributed by atoms with Crippen molar-refractivity contribution < 1.29 is 26.4 Å². The first kappa shape index (κ1) is 19.9. The summed E-state index contributed by atoms with van der Waals surface area (Å²) >= 11 is 0. The highest BCUT2D eigenvalue weighted by molar-refractivity contribution is 7.89. The van der Waals surface area contributed by atoms with Crippen LogP contribution in [0.25, 0.3) is 6.08 Å². The number of halogens is 3. The van der Waals surface area contributed by atoms with E-state index in [4.69, 9.17) is 0 Å². The molecule has 0 radical (unpaired) electrons. The number of carbonyl (C=O) groups excluding carboxylic acids is 1. The van der Waals surface area contributed by atoms with Gasteiger partial charge in [-0.25, -0.2) is 8.42 Å². The number of alkyl halides is 3. The molecular formula is C18H16F3NO3S. The van der Waals surface area contributed by atoms with Gasteiger partial charge < -0.3 is 0 Å². The molecule has 138 valence electrons. The second kappa shape index (κ2) is 8.29. The molecule has 0 amide bonds. The standard InChI is InChI=1S/C18H16F3NO3S/c19-18(20,21)26(24,25)22(13-16-5-2-1-3-6-16)12-4-7-15-8-10-17(14-23)11-9-15/h1-11,14H,12-13H2. The van der Waals surface area contributed by atoms with Gasteiger partial charge in [-0.15, -0.1) is 0 Å². The Bertz CT molecular complexity index is 861. The predicted octanol–water partition coefficient (Wildman–Crippen LogP) is 3.86. The smallest absolute Gasteiger partial charge is 0.298 e. The SMILES string of the molecule is O=Cc1ccc(C=CCN(Cc2ccccc2)S(=O)(=O)C(F)(F)F)cc1. The number of carbonyl (C=O) groups is 1. The minimum absolute atomic E-state index is 0.374. The summed E-state index contributed by atoms with van der Waals surface area (Å²) < 4.78 is 62.8. The van der Waals surface area contributed by atoms with Gasteiger partial charge in [0, 0.05) is 18.7 Å². The molecule has 2 aromatic rings. The number of hydrogen-bond acceptors (Lipinski definition) is 3. The van der Waals surface area contributed by atoms with Crippen molar-refractivity contribution in [1.82, 2.24) is 4.31 Å². The van der Waals surface area contributed by atoms with Crippen molar-refractivity contribution in [2.24, 2.45) is 0 Å². The Hall–Kier alpha value is -2.45. The number of hydrogen-bond donors (Lipinski definition) is 0. The van der Waals surface area contributed by atoms with E-state index in [1.165, 1.54) is 12.2 Å². The van der Waals surface area contributed by atoms with Crippen LogP contribution < -0.4 is 0 Å². The first-order valence-electron chi connectivity index (χ1n) is 7.56. The molecule has 0 fully saturated rings. The average Bonchev–Trinajstić information content (AvgIpc) is 2.61. The monoisotopic (exact) mass is 383 g/mol.